The maximum Gasteiger partial charge on any atom is 0.141 e. The van der Waals surface area contributed by atoms with Gasteiger partial charge in [0.1, 0.15) is 17.4 Å². The molecular weight excluding hydrogens is 486 g/mol. The molecule has 1 atom stereocenters. The van der Waals surface area contributed by atoms with Gasteiger partial charge in [-0.1, -0.05) is 23.4 Å². The molecule has 2 N–H and O–H groups in total. The number of hydrogen-bond donors (Lipinski definition) is 2. The van der Waals surface area contributed by atoms with Crippen molar-refractivity contribution in [3.8, 4) is 17.6 Å². The average Bonchev–Trinajstić information content (AvgIpc) is 2.89. The third kappa shape index (κ3) is 5.96. The van der Waals surface area contributed by atoms with Crippen LogP contribution in [-0.4, -0.2) is 53.4 Å². The first kappa shape index (κ1) is 26.3. The van der Waals surface area contributed by atoms with Crippen molar-refractivity contribution < 1.29 is 23.7 Å². The highest BCUT2D eigenvalue weighted by Crippen LogP contribution is 2.40. The Labute approximate surface area is 214 Å². The molecule has 0 radical (unpaired) electrons. The zero-order chi connectivity index (χ0) is 25.7. The van der Waals surface area contributed by atoms with Crippen molar-refractivity contribution in [1.82, 2.24) is 9.88 Å². The van der Waals surface area contributed by atoms with Gasteiger partial charge in [-0.15, -0.1) is 0 Å². The van der Waals surface area contributed by atoms with Crippen molar-refractivity contribution in [2.45, 2.75) is 31.8 Å². The van der Waals surface area contributed by atoms with Crippen LogP contribution in [0, 0.1) is 28.9 Å². The molecule has 1 unspecified atom stereocenters. The van der Waals surface area contributed by atoms with Crippen molar-refractivity contribution in [1.29, 1.82) is 0 Å². The number of benzene rings is 2. The fourth-order valence-corrected chi connectivity index (χ4v) is 5.01. The summed E-state index contributed by atoms with van der Waals surface area (Å²) in [7, 11) is 1.58. The Morgan fingerprint density at radius 2 is 1.97 bits per heavy atom. The van der Waals surface area contributed by atoms with Gasteiger partial charge in [0.2, 0.25) is 0 Å². The minimum atomic E-state index is -0.812. The summed E-state index contributed by atoms with van der Waals surface area (Å²) in [6.07, 6.45) is 3.32. The Bertz CT molecular complexity index is 1280. The lowest BCUT2D eigenvalue weighted by molar-refractivity contribution is 0.0273. The molecule has 3 aromatic rings. The van der Waals surface area contributed by atoms with Crippen LogP contribution in [0.25, 0.3) is 10.9 Å². The summed E-state index contributed by atoms with van der Waals surface area (Å²) in [5.74, 6) is 5.09. The zero-order valence-corrected chi connectivity index (χ0v) is 20.9. The number of fused-ring (bicyclic) bond motifs is 1. The topological polar surface area (TPSA) is 65.8 Å². The van der Waals surface area contributed by atoms with Crippen molar-refractivity contribution >= 4 is 22.5 Å². The molecule has 1 aliphatic rings. The Hall–Kier alpha value is -2.76. The Kier molecular flexibility index (Phi) is 8.43. The van der Waals surface area contributed by atoms with Crippen LogP contribution in [-0.2, 0) is 0 Å². The molecular formula is C28H29ClF2N2O3. The number of likely N-dealkylation sites (tertiary alicyclic amines) is 1. The van der Waals surface area contributed by atoms with E-state index in [4.69, 9.17) is 16.3 Å². The fraction of sp³-hybridized carbons (Fsp3) is 0.393. The van der Waals surface area contributed by atoms with Crippen molar-refractivity contribution in [3.05, 3.63) is 70.4 Å². The van der Waals surface area contributed by atoms with E-state index < -0.39 is 17.7 Å². The molecule has 0 bridgehead atoms. The van der Waals surface area contributed by atoms with Gasteiger partial charge in [-0.05, 0) is 74.5 Å². The second kappa shape index (κ2) is 11.5. The van der Waals surface area contributed by atoms with Gasteiger partial charge in [0.25, 0.3) is 0 Å². The summed E-state index contributed by atoms with van der Waals surface area (Å²) >= 11 is 6.44. The molecule has 0 spiro atoms. The quantitative estimate of drug-likeness (QED) is 0.429. The van der Waals surface area contributed by atoms with Gasteiger partial charge >= 0.3 is 0 Å². The van der Waals surface area contributed by atoms with Gasteiger partial charge < -0.3 is 14.9 Å². The molecule has 4 rings (SSSR count). The van der Waals surface area contributed by atoms with Crippen LogP contribution >= 0.6 is 11.6 Å². The van der Waals surface area contributed by atoms with Gasteiger partial charge in [0.15, 0.2) is 0 Å². The Balaban J connectivity index is 1.38. The second-order valence-corrected chi connectivity index (χ2v) is 9.72. The maximum absolute atomic E-state index is 13.8. The van der Waals surface area contributed by atoms with Gasteiger partial charge in [-0.3, -0.25) is 9.88 Å². The molecule has 1 aliphatic heterocycles. The van der Waals surface area contributed by atoms with E-state index in [2.05, 4.69) is 21.7 Å². The molecule has 1 saturated heterocycles. The van der Waals surface area contributed by atoms with Gasteiger partial charge in [0, 0.05) is 29.8 Å². The molecule has 0 aliphatic carbocycles. The highest BCUT2D eigenvalue weighted by Gasteiger charge is 2.34. The minimum Gasteiger partial charge on any atom is -0.497 e. The summed E-state index contributed by atoms with van der Waals surface area (Å²) in [5, 5.41) is 22.5. The van der Waals surface area contributed by atoms with Crippen LogP contribution in [0.2, 0.25) is 5.02 Å². The maximum atomic E-state index is 13.8. The molecule has 1 fully saturated rings. The number of piperidine rings is 1. The molecule has 2 aromatic carbocycles. The highest BCUT2D eigenvalue weighted by atomic mass is 35.5. The molecule has 0 saturated carbocycles. The lowest BCUT2D eigenvalue weighted by atomic mass is 9.74. The number of rotatable bonds is 7. The highest BCUT2D eigenvalue weighted by molar-refractivity contribution is 6.32. The Morgan fingerprint density at radius 1 is 1.19 bits per heavy atom. The fourth-order valence-electron chi connectivity index (χ4n) is 4.73. The van der Waals surface area contributed by atoms with E-state index in [1.54, 1.807) is 13.3 Å². The van der Waals surface area contributed by atoms with Crippen molar-refractivity contribution in [2.75, 3.05) is 33.4 Å². The van der Waals surface area contributed by atoms with E-state index in [9.17, 15) is 19.0 Å². The number of ether oxygens (including phenoxy) is 1. The van der Waals surface area contributed by atoms with Crippen LogP contribution in [0.4, 0.5) is 8.78 Å². The largest absolute Gasteiger partial charge is 0.497 e. The summed E-state index contributed by atoms with van der Waals surface area (Å²) in [6, 6.07) is 8.83. The van der Waals surface area contributed by atoms with Crippen LogP contribution in [0.5, 0.6) is 5.75 Å². The first-order chi connectivity index (χ1) is 17.3. The predicted octanol–water partition coefficient (Wildman–Crippen LogP) is 5.11. The third-order valence-electron chi connectivity index (χ3n) is 7.06. The van der Waals surface area contributed by atoms with E-state index in [0.29, 0.717) is 35.7 Å². The van der Waals surface area contributed by atoms with Crippen molar-refractivity contribution in [2.24, 2.45) is 5.41 Å². The van der Waals surface area contributed by atoms with Crippen LogP contribution in [0.15, 0.2) is 42.6 Å². The smallest absolute Gasteiger partial charge is 0.141 e. The summed E-state index contributed by atoms with van der Waals surface area (Å²) < 4.78 is 32.1. The lowest BCUT2D eigenvalue weighted by Crippen LogP contribution is -2.42. The summed E-state index contributed by atoms with van der Waals surface area (Å²) in [4.78, 5) is 6.50. The van der Waals surface area contributed by atoms with E-state index in [0.717, 1.165) is 42.9 Å². The first-order valence-corrected chi connectivity index (χ1v) is 12.3. The SMILES string of the molecule is COc1ccc2ncc(Cl)c(C(O)CCC3(CO)CCN(CC#Cc4ccc(F)cc4F)CC3)c2c1. The van der Waals surface area contributed by atoms with E-state index >= 15 is 0 Å². The van der Waals surface area contributed by atoms with Gasteiger partial charge in [-0.2, -0.15) is 0 Å². The second-order valence-electron chi connectivity index (χ2n) is 9.32. The van der Waals surface area contributed by atoms with Gasteiger partial charge in [0.05, 0.1) is 35.9 Å². The number of methoxy groups -OCH3 is 1. The number of aliphatic hydroxyl groups is 2. The third-order valence-corrected chi connectivity index (χ3v) is 7.36. The number of halogens is 3. The minimum absolute atomic E-state index is 0.0265. The van der Waals surface area contributed by atoms with E-state index in [1.807, 2.05) is 18.2 Å². The Morgan fingerprint density at radius 3 is 2.67 bits per heavy atom. The van der Waals surface area contributed by atoms with Crippen LogP contribution in [0.3, 0.4) is 0 Å². The predicted molar refractivity (Wildman–Crippen MR) is 136 cm³/mol. The monoisotopic (exact) mass is 514 g/mol. The molecule has 0 amide bonds. The molecule has 36 heavy (non-hydrogen) atoms. The lowest BCUT2D eigenvalue weighted by Gasteiger charge is -2.40. The summed E-state index contributed by atoms with van der Waals surface area (Å²) in [6.45, 7) is 1.95. The van der Waals surface area contributed by atoms with Gasteiger partial charge in [-0.25, -0.2) is 8.78 Å². The molecule has 8 heteroatoms. The van der Waals surface area contributed by atoms with E-state index in [-0.39, 0.29) is 17.6 Å². The van der Waals surface area contributed by atoms with Crippen molar-refractivity contribution in [3.63, 3.8) is 0 Å². The zero-order valence-electron chi connectivity index (χ0n) is 20.1. The molecule has 1 aromatic heterocycles. The number of aromatic nitrogens is 1. The number of pyridine rings is 1. The van der Waals surface area contributed by atoms with Crippen LogP contribution in [0.1, 0.15) is 42.9 Å². The molecule has 2 heterocycles. The number of nitrogens with zero attached hydrogens (tertiary/aromatic N) is 2. The van der Waals surface area contributed by atoms with E-state index in [1.165, 1.54) is 12.1 Å². The molecule has 5 nitrogen and oxygen atoms in total. The normalized spacial score (nSPS) is 16.4. The van der Waals surface area contributed by atoms with Crippen LogP contribution < -0.4 is 4.74 Å². The first-order valence-electron chi connectivity index (χ1n) is 11.9. The standard InChI is InChI=1S/C28H29ClF2N2O3/c1-36-21-6-7-25-22(16-21)27(23(29)17-32-25)26(35)8-9-28(18-34)10-13-33(14-11-28)12-2-3-19-4-5-20(30)15-24(19)31/h4-7,15-17,26,34-35H,8-14,18H2,1H3. The number of aliphatic hydroxyl groups excluding tert-OH is 2. The number of hydrogen-bond acceptors (Lipinski definition) is 5. The average molecular weight is 515 g/mol. The molecule has 190 valence electrons. The summed E-state index contributed by atoms with van der Waals surface area (Å²) in [5.41, 5.74) is 1.21.